The number of para-hydroxylation sites is 1. The van der Waals surface area contributed by atoms with Crippen LogP contribution in [0.2, 0.25) is 0 Å². The van der Waals surface area contributed by atoms with Crippen molar-refractivity contribution in [1.82, 2.24) is 10.3 Å². The first-order chi connectivity index (χ1) is 12.1. The Bertz CT molecular complexity index is 854. The Morgan fingerprint density at radius 2 is 1.88 bits per heavy atom. The number of amides is 1. The third-order valence-electron chi connectivity index (χ3n) is 3.63. The number of nitrogens with zero attached hydrogens (tertiary/aromatic N) is 1. The van der Waals surface area contributed by atoms with Crippen LogP contribution in [-0.4, -0.2) is 29.8 Å². The van der Waals surface area contributed by atoms with Gasteiger partial charge in [-0.15, -0.1) is 11.3 Å². The van der Waals surface area contributed by atoms with Gasteiger partial charge in [0, 0.05) is 18.5 Å². The van der Waals surface area contributed by atoms with Crippen molar-refractivity contribution in [3.05, 3.63) is 59.1 Å². The van der Waals surface area contributed by atoms with Gasteiger partial charge in [-0.3, -0.25) is 9.59 Å². The molecular weight excluding hydrogens is 336 g/mol. The third-order valence-corrected chi connectivity index (χ3v) is 4.73. The molecule has 25 heavy (non-hydrogen) atoms. The minimum Gasteiger partial charge on any atom is -0.484 e. The van der Waals surface area contributed by atoms with E-state index in [1.807, 2.05) is 24.3 Å². The fourth-order valence-corrected chi connectivity index (χ4v) is 3.29. The lowest BCUT2D eigenvalue weighted by Crippen LogP contribution is -2.30. The van der Waals surface area contributed by atoms with Crippen molar-refractivity contribution in [2.75, 3.05) is 13.2 Å². The molecule has 2 aromatic carbocycles. The van der Waals surface area contributed by atoms with Gasteiger partial charge in [-0.05, 0) is 43.3 Å². The number of aromatic nitrogens is 1. The number of hydrogen-bond acceptors (Lipinski definition) is 5. The first kappa shape index (κ1) is 17.1. The maximum atomic E-state index is 11.8. The molecule has 0 unspecified atom stereocenters. The number of Topliss-reactive ketones (excluding diaryl/α,β-unsaturated/α-hetero) is 1. The van der Waals surface area contributed by atoms with Crippen LogP contribution in [-0.2, 0) is 11.2 Å². The Morgan fingerprint density at radius 3 is 2.60 bits per heavy atom. The van der Waals surface area contributed by atoms with Crippen LogP contribution in [0.5, 0.6) is 5.75 Å². The standard InChI is InChI=1S/C19H18N2O3S/c1-13(22)14-6-8-15(9-7-14)24-12-18(23)20-11-10-19-21-16-4-2-3-5-17(16)25-19/h2-9H,10-12H2,1H3,(H,20,23). The van der Waals surface area contributed by atoms with Gasteiger partial charge in [-0.2, -0.15) is 0 Å². The summed E-state index contributed by atoms with van der Waals surface area (Å²) in [7, 11) is 0. The lowest BCUT2D eigenvalue weighted by molar-refractivity contribution is -0.123. The summed E-state index contributed by atoms with van der Waals surface area (Å²) in [6, 6.07) is 14.7. The molecule has 0 atom stereocenters. The maximum absolute atomic E-state index is 11.8. The fraction of sp³-hybridized carbons (Fsp3) is 0.211. The van der Waals surface area contributed by atoms with Crippen molar-refractivity contribution >= 4 is 33.2 Å². The molecule has 0 saturated carbocycles. The molecule has 0 aliphatic carbocycles. The highest BCUT2D eigenvalue weighted by Gasteiger charge is 2.06. The van der Waals surface area contributed by atoms with Gasteiger partial charge in [-0.25, -0.2) is 4.98 Å². The number of thiazole rings is 1. The summed E-state index contributed by atoms with van der Waals surface area (Å²) in [5.74, 6) is 0.377. The van der Waals surface area contributed by atoms with E-state index in [2.05, 4.69) is 10.3 Å². The first-order valence-corrected chi connectivity index (χ1v) is 8.78. The van der Waals surface area contributed by atoms with Gasteiger partial charge in [0.25, 0.3) is 5.91 Å². The number of benzene rings is 2. The number of carbonyl (C=O) groups is 2. The smallest absolute Gasteiger partial charge is 0.257 e. The highest BCUT2D eigenvalue weighted by Crippen LogP contribution is 2.21. The number of carbonyl (C=O) groups excluding carboxylic acids is 2. The van der Waals surface area contributed by atoms with E-state index in [1.165, 1.54) is 6.92 Å². The minimum absolute atomic E-state index is 0.000796. The van der Waals surface area contributed by atoms with Crippen LogP contribution in [0.1, 0.15) is 22.3 Å². The normalized spacial score (nSPS) is 10.6. The summed E-state index contributed by atoms with van der Waals surface area (Å²) in [4.78, 5) is 27.6. The van der Waals surface area contributed by atoms with E-state index in [9.17, 15) is 9.59 Å². The average molecular weight is 354 g/mol. The molecule has 1 N–H and O–H groups in total. The molecule has 128 valence electrons. The quantitative estimate of drug-likeness (QED) is 0.662. The molecular formula is C19H18N2O3S. The van der Waals surface area contributed by atoms with Crippen LogP contribution >= 0.6 is 11.3 Å². The molecule has 1 heterocycles. The van der Waals surface area contributed by atoms with Gasteiger partial charge in [0.1, 0.15) is 5.75 Å². The van der Waals surface area contributed by atoms with Gasteiger partial charge in [0.15, 0.2) is 12.4 Å². The maximum Gasteiger partial charge on any atom is 0.257 e. The highest BCUT2D eigenvalue weighted by atomic mass is 32.1. The second-order valence-electron chi connectivity index (χ2n) is 5.54. The molecule has 1 aromatic heterocycles. The predicted molar refractivity (Wildman–Crippen MR) is 98.3 cm³/mol. The van der Waals surface area contributed by atoms with Gasteiger partial charge >= 0.3 is 0 Å². The van der Waals surface area contributed by atoms with Crippen LogP contribution in [0.3, 0.4) is 0 Å². The number of rotatable bonds is 7. The zero-order valence-electron chi connectivity index (χ0n) is 13.8. The predicted octanol–water partition coefficient (Wildman–Crippen LogP) is 3.24. The molecule has 6 heteroatoms. The van der Waals surface area contributed by atoms with Gasteiger partial charge in [0.2, 0.25) is 0 Å². The van der Waals surface area contributed by atoms with Gasteiger partial charge < -0.3 is 10.1 Å². The van der Waals surface area contributed by atoms with E-state index < -0.39 is 0 Å². The lowest BCUT2D eigenvalue weighted by Gasteiger charge is -2.07. The zero-order valence-corrected chi connectivity index (χ0v) is 14.6. The van der Waals surface area contributed by atoms with E-state index in [0.29, 0.717) is 24.3 Å². The second-order valence-corrected chi connectivity index (χ2v) is 6.66. The highest BCUT2D eigenvalue weighted by molar-refractivity contribution is 7.18. The Balaban J connectivity index is 1.42. The molecule has 0 spiro atoms. The summed E-state index contributed by atoms with van der Waals surface area (Å²) < 4.78 is 6.57. The number of nitrogens with one attached hydrogen (secondary N) is 1. The molecule has 5 nitrogen and oxygen atoms in total. The number of ketones is 1. The Hall–Kier alpha value is -2.73. The summed E-state index contributed by atoms with van der Waals surface area (Å²) in [5.41, 5.74) is 1.61. The van der Waals surface area contributed by atoms with Gasteiger partial charge in [0.05, 0.1) is 15.2 Å². The molecule has 3 aromatic rings. The van der Waals surface area contributed by atoms with E-state index in [1.54, 1.807) is 35.6 Å². The Labute approximate surface area is 149 Å². The largest absolute Gasteiger partial charge is 0.484 e. The SMILES string of the molecule is CC(=O)c1ccc(OCC(=O)NCCc2nc3ccccc3s2)cc1. The minimum atomic E-state index is -0.184. The molecule has 0 saturated heterocycles. The van der Waals surface area contributed by atoms with Crippen LogP contribution in [0, 0.1) is 0 Å². The van der Waals surface area contributed by atoms with E-state index in [0.717, 1.165) is 15.2 Å². The lowest BCUT2D eigenvalue weighted by atomic mass is 10.1. The Morgan fingerprint density at radius 1 is 1.12 bits per heavy atom. The molecule has 0 radical (unpaired) electrons. The zero-order chi connectivity index (χ0) is 17.6. The van der Waals surface area contributed by atoms with Crippen LogP contribution in [0.25, 0.3) is 10.2 Å². The van der Waals surface area contributed by atoms with Crippen LogP contribution in [0.4, 0.5) is 0 Å². The number of fused-ring (bicyclic) bond motifs is 1. The average Bonchev–Trinajstić information content (AvgIpc) is 3.03. The van der Waals surface area contributed by atoms with Gasteiger partial charge in [-0.1, -0.05) is 12.1 Å². The van der Waals surface area contributed by atoms with Crippen molar-refractivity contribution < 1.29 is 14.3 Å². The van der Waals surface area contributed by atoms with Crippen molar-refractivity contribution in [3.63, 3.8) is 0 Å². The topological polar surface area (TPSA) is 68.3 Å². The molecule has 0 fully saturated rings. The van der Waals surface area contributed by atoms with E-state index in [4.69, 9.17) is 4.74 Å². The van der Waals surface area contributed by atoms with Crippen molar-refractivity contribution in [2.24, 2.45) is 0 Å². The summed E-state index contributed by atoms with van der Waals surface area (Å²) >= 11 is 1.64. The number of hydrogen-bond donors (Lipinski definition) is 1. The second kappa shape index (κ2) is 7.90. The van der Waals surface area contributed by atoms with Crippen LogP contribution in [0.15, 0.2) is 48.5 Å². The molecule has 0 aliphatic heterocycles. The monoisotopic (exact) mass is 354 g/mol. The van der Waals surface area contributed by atoms with Crippen molar-refractivity contribution in [1.29, 1.82) is 0 Å². The van der Waals surface area contributed by atoms with Crippen molar-refractivity contribution in [3.8, 4) is 5.75 Å². The van der Waals surface area contributed by atoms with Crippen LogP contribution < -0.4 is 10.1 Å². The summed E-state index contributed by atoms with van der Waals surface area (Å²) in [6.07, 6.45) is 0.693. The molecule has 0 bridgehead atoms. The molecule has 0 aliphatic rings. The Kier molecular flexibility index (Phi) is 5.40. The summed E-state index contributed by atoms with van der Waals surface area (Å²) in [6.45, 7) is 1.97. The van der Waals surface area contributed by atoms with Crippen molar-refractivity contribution in [2.45, 2.75) is 13.3 Å². The molecule has 1 amide bonds. The number of ether oxygens (including phenoxy) is 1. The first-order valence-electron chi connectivity index (χ1n) is 7.97. The third kappa shape index (κ3) is 4.64. The molecule has 3 rings (SSSR count). The van der Waals surface area contributed by atoms with E-state index >= 15 is 0 Å². The van der Waals surface area contributed by atoms with E-state index in [-0.39, 0.29) is 18.3 Å². The fourth-order valence-electron chi connectivity index (χ4n) is 2.32. The summed E-state index contributed by atoms with van der Waals surface area (Å²) in [5, 5.41) is 3.83.